The lowest BCUT2D eigenvalue weighted by atomic mass is 10.1. The highest BCUT2D eigenvalue weighted by molar-refractivity contribution is 7.99. The van der Waals surface area contributed by atoms with Crippen LogP contribution >= 0.6 is 11.8 Å². The second-order valence-electron chi connectivity index (χ2n) is 7.52. The van der Waals surface area contributed by atoms with Gasteiger partial charge in [0.15, 0.2) is 5.16 Å². The number of carbonyl (C=O) groups excluding carboxylic acids is 1. The zero-order chi connectivity index (χ0) is 22.1. The number of nitrogens with one attached hydrogen (secondary N) is 1. The molecule has 0 aliphatic rings. The number of nitrogens with zero attached hydrogens (tertiary/aromatic N) is 2. The predicted molar refractivity (Wildman–Crippen MR) is 126 cm³/mol. The Bertz CT molecular complexity index is 1050. The molecule has 1 heterocycles. The Balaban J connectivity index is 1.64. The number of hydrogen-bond acceptors (Lipinski definition) is 5. The van der Waals surface area contributed by atoms with Crippen molar-refractivity contribution in [1.82, 2.24) is 14.9 Å². The van der Waals surface area contributed by atoms with Crippen LogP contribution in [0, 0.1) is 0 Å². The summed E-state index contributed by atoms with van der Waals surface area (Å²) in [5.74, 6) is 0.139. The molecule has 0 aliphatic heterocycles. The molecule has 2 aromatic carbocycles. The Kier molecular flexibility index (Phi) is 8.67. The Hall–Kier alpha value is -2.64. The fourth-order valence-corrected chi connectivity index (χ4v) is 4.02. The van der Waals surface area contributed by atoms with E-state index in [2.05, 4.69) is 10.3 Å². The van der Waals surface area contributed by atoms with Gasteiger partial charge in [-0.05, 0) is 44.4 Å². The molecule has 0 saturated heterocycles. The average molecular weight is 440 g/mol. The molecule has 0 fully saturated rings. The highest BCUT2D eigenvalue weighted by Gasteiger charge is 2.13. The summed E-state index contributed by atoms with van der Waals surface area (Å²) in [7, 11) is 0. The number of carbonyl (C=O) groups is 1. The van der Waals surface area contributed by atoms with Crippen LogP contribution in [0.4, 0.5) is 0 Å². The quantitative estimate of drug-likeness (QED) is 0.280. The fraction of sp³-hybridized carbons (Fsp3) is 0.375. The third-order valence-corrected chi connectivity index (χ3v) is 5.69. The molecule has 6 nitrogen and oxygen atoms in total. The topological polar surface area (TPSA) is 73.2 Å². The van der Waals surface area contributed by atoms with Gasteiger partial charge in [0, 0.05) is 19.7 Å². The van der Waals surface area contributed by atoms with Crippen LogP contribution in [0.1, 0.15) is 25.8 Å². The van der Waals surface area contributed by atoms with Gasteiger partial charge in [-0.1, -0.05) is 54.2 Å². The van der Waals surface area contributed by atoms with Gasteiger partial charge >= 0.3 is 0 Å². The van der Waals surface area contributed by atoms with E-state index in [9.17, 15) is 9.59 Å². The summed E-state index contributed by atoms with van der Waals surface area (Å²) in [6, 6.07) is 17.4. The summed E-state index contributed by atoms with van der Waals surface area (Å²) >= 11 is 1.29. The van der Waals surface area contributed by atoms with Gasteiger partial charge in [0.05, 0.1) is 22.8 Å². The monoisotopic (exact) mass is 439 g/mol. The molecule has 0 radical (unpaired) electrons. The van der Waals surface area contributed by atoms with Gasteiger partial charge in [0.2, 0.25) is 5.91 Å². The SMILES string of the molecule is CC(C)OCCCn1c(SCC(=O)NCCc2ccccc2)nc2ccccc2c1=O. The molecule has 1 amide bonds. The van der Waals surface area contributed by atoms with Gasteiger partial charge in [-0.15, -0.1) is 0 Å². The molecular weight excluding hydrogens is 410 g/mol. The van der Waals surface area contributed by atoms with Crippen molar-refractivity contribution < 1.29 is 9.53 Å². The normalized spacial score (nSPS) is 11.2. The van der Waals surface area contributed by atoms with Crippen LogP contribution in [0.25, 0.3) is 10.9 Å². The molecule has 0 spiro atoms. The minimum atomic E-state index is -0.0814. The van der Waals surface area contributed by atoms with Gasteiger partial charge in [-0.3, -0.25) is 14.2 Å². The third kappa shape index (κ3) is 6.94. The van der Waals surface area contributed by atoms with Crippen LogP contribution in [0.2, 0.25) is 0 Å². The van der Waals surface area contributed by atoms with Crippen molar-refractivity contribution in [3.63, 3.8) is 0 Å². The molecule has 0 bridgehead atoms. The standard InChI is InChI=1S/C24H29N3O3S/c1-18(2)30-16-8-15-27-23(29)20-11-6-7-12-21(20)26-24(27)31-17-22(28)25-14-13-19-9-4-3-5-10-19/h3-7,9-12,18H,8,13-17H2,1-2H3,(H,25,28). The highest BCUT2D eigenvalue weighted by atomic mass is 32.2. The van der Waals surface area contributed by atoms with E-state index < -0.39 is 0 Å². The van der Waals surface area contributed by atoms with Crippen molar-refractivity contribution in [3.8, 4) is 0 Å². The molecule has 1 aromatic heterocycles. The number of amides is 1. The number of aromatic nitrogens is 2. The van der Waals surface area contributed by atoms with Crippen molar-refractivity contribution in [2.75, 3.05) is 18.9 Å². The lowest BCUT2D eigenvalue weighted by molar-refractivity contribution is -0.118. The Morgan fingerprint density at radius 2 is 1.87 bits per heavy atom. The van der Waals surface area contributed by atoms with E-state index in [1.807, 2.05) is 62.4 Å². The van der Waals surface area contributed by atoms with E-state index in [0.717, 1.165) is 6.42 Å². The second-order valence-corrected chi connectivity index (χ2v) is 8.46. The summed E-state index contributed by atoms with van der Waals surface area (Å²) in [6.07, 6.45) is 1.64. The Morgan fingerprint density at radius 1 is 1.13 bits per heavy atom. The molecule has 164 valence electrons. The second kappa shape index (κ2) is 11.7. The predicted octanol–water partition coefficient (Wildman–Crippen LogP) is 3.66. The average Bonchev–Trinajstić information content (AvgIpc) is 2.77. The van der Waals surface area contributed by atoms with Crippen molar-refractivity contribution >= 4 is 28.6 Å². The zero-order valence-corrected chi connectivity index (χ0v) is 18.9. The first-order valence-electron chi connectivity index (χ1n) is 10.6. The largest absolute Gasteiger partial charge is 0.379 e. The van der Waals surface area contributed by atoms with Gasteiger partial charge < -0.3 is 10.1 Å². The molecule has 1 N–H and O–H groups in total. The van der Waals surface area contributed by atoms with Crippen molar-refractivity contribution in [1.29, 1.82) is 0 Å². The third-order valence-electron chi connectivity index (χ3n) is 4.71. The molecular formula is C24H29N3O3S. The molecule has 31 heavy (non-hydrogen) atoms. The van der Waals surface area contributed by atoms with Gasteiger partial charge in [0.25, 0.3) is 5.56 Å². The van der Waals surface area contributed by atoms with Gasteiger partial charge in [0.1, 0.15) is 0 Å². The smallest absolute Gasteiger partial charge is 0.262 e. The Labute approximate surface area is 187 Å². The first-order chi connectivity index (χ1) is 15.0. The number of ether oxygens (including phenoxy) is 1. The lowest BCUT2D eigenvalue weighted by Gasteiger charge is -2.14. The number of fused-ring (bicyclic) bond motifs is 1. The molecule has 0 unspecified atom stereocenters. The molecule has 7 heteroatoms. The van der Waals surface area contributed by atoms with E-state index in [1.165, 1.54) is 17.3 Å². The van der Waals surface area contributed by atoms with Gasteiger partial charge in [-0.2, -0.15) is 0 Å². The summed E-state index contributed by atoms with van der Waals surface area (Å²) in [5, 5.41) is 4.09. The van der Waals surface area contributed by atoms with E-state index in [0.29, 0.717) is 42.2 Å². The zero-order valence-electron chi connectivity index (χ0n) is 18.0. The van der Waals surface area contributed by atoms with Crippen LogP contribution in [0.15, 0.2) is 64.5 Å². The molecule has 0 aliphatic carbocycles. The summed E-state index contributed by atoms with van der Waals surface area (Å²) in [5.41, 5.74) is 1.75. The van der Waals surface area contributed by atoms with E-state index in [-0.39, 0.29) is 23.3 Å². The maximum Gasteiger partial charge on any atom is 0.262 e. The van der Waals surface area contributed by atoms with E-state index in [1.54, 1.807) is 10.6 Å². The van der Waals surface area contributed by atoms with Crippen LogP contribution in [-0.4, -0.2) is 40.5 Å². The van der Waals surface area contributed by atoms with Crippen molar-refractivity contribution in [2.24, 2.45) is 0 Å². The van der Waals surface area contributed by atoms with Crippen molar-refractivity contribution in [2.45, 2.75) is 44.5 Å². The van der Waals surface area contributed by atoms with Gasteiger partial charge in [-0.25, -0.2) is 4.98 Å². The van der Waals surface area contributed by atoms with Crippen LogP contribution in [-0.2, 0) is 22.5 Å². The van der Waals surface area contributed by atoms with E-state index in [4.69, 9.17) is 4.74 Å². The van der Waals surface area contributed by atoms with Crippen molar-refractivity contribution in [3.05, 3.63) is 70.5 Å². The number of benzene rings is 2. The number of hydrogen-bond donors (Lipinski definition) is 1. The number of thioether (sulfide) groups is 1. The highest BCUT2D eigenvalue weighted by Crippen LogP contribution is 2.18. The lowest BCUT2D eigenvalue weighted by Crippen LogP contribution is -2.28. The Morgan fingerprint density at radius 3 is 2.65 bits per heavy atom. The minimum Gasteiger partial charge on any atom is -0.379 e. The van der Waals surface area contributed by atoms with Crippen LogP contribution in [0.5, 0.6) is 0 Å². The number of rotatable bonds is 11. The molecule has 3 aromatic rings. The van der Waals surface area contributed by atoms with Crippen LogP contribution in [0.3, 0.4) is 0 Å². The molecule has 0 atom stereocenters. The fourth-order valence-electron chi connectivity index (χ4n) is 3.17. The van der Waals surface area contributed by atoms with E-state index >= 15 is 0 Å². The minimum absolute atomic E-state index is 0.0713. The maximum atomic E-state index is 13.0. The first-order valence-corrected chi connectivity index (χ1v) is 11.6. The summed E-state index contributed by atoms with van der Waals surface area (Å²) in [4.78, 5) is 30.0. The number of para-hydroxylation sites is 1. The first kappa shape index (κ1) is 23.0. The van der Waals surface area contributed by atoms with Crippen LogP contribution < -0.4 is 10.9 Å². The molecule has 3 rings (SSSR count). The summed E-state index contributed by atoms with van der Waals surface area (Å²) < 4.78 is 7.26. The molecule has 0 saturated carbocycles. The summed E-state index contributed by atoms with van der Waals surface area (Å²) in [6.45, 7) is 5.62. The maximum absolute atomic E-state index is 13.0.